The summed E-state index contributed by atoms with van der Waals surface area (Å²) in [6.07, 6.45) is 7.03. The third kappa shape index (κ3) is 6.22. The van der Waals surface area contributed by atoms with Crippen LogP contribution < -0.4 is 10.1 Å². The Morgan fingerprint density at radius 1 is 1.37 bits per heavy atom. The van der Waals surface area contributed by atoms with Crippen molar-refractivity contribution in [1.82, 2.24) is 5.32 Å². The number of halogens is 1. The molecule has 1 unspecified atom stereocenters. The van der Waals surface area contributed by atoms with E-state index in [0.29, 0.717) is 12.3 Å². The Kier molecular flexibility index (Phi) is 8.16. The van der Waals surface area contributed by atoms with Gasteiger partial charge in [0.25, 0.3) is 0 Å². The fourth-order valence-electron chi connectivity index (χ4n) is 3.92. The van der Waals surface area contributed by atoms with Crippen molar-refractivity contribution in [2.75, 3.05) is 6.61 Å². The van der Waals surface area contributed by atoms with Crippen LogP contribution in [0.15, 0.2) is 34.6 Å². The lowest BCUT2D eigenvalue weighted by atomic mass is 9.77. The number of aliphatic hydroxyl groups excluding tert-OH is 1. The Bertz CT molecular complexity index is 798. The SMILES string of the molecule is CC(C)=C(CCC1=NOC(C2CC(O)C2)C1)NC=O.Clc1ccc2c(c1)CCCO2. The molecule has 2 aliphatic heterocycles. The van der Waals surface area contributed by atoms with E-state index < -0.39 is 0 Å². The number of aliphatic hydroxyl groups is 1. The fourth-order valence-corrected chi connectivity index (χ4v) is 4.11. The molecule has 0 radical (unpaired) electrons. The van der Waals surface area contributed by atoms with Gasteiger partial charge in [-0.1, -0.05) is 22.3 Å². The van der Waals surface area contributed by atoms with Gasteiger partial charge < -0.3 is 20.0 Å². The van der Waals surface area contributed by atoms with E-state index in [1.165, 1.54) is 5.56 Å². The molecule has 30 heavy (non-hydrogen) atoms. The molecule has 7 heteroatoms. The number of hydrogen-bond donors (Lipinski definition) is 2. The van der Waals surface area contributed by atoms with Crippen molar-refractivity contribution in [3.05, 3.63) is 40.1 Å². The molecule has 3 aliphatic rings. The molecule has 2 N–H and O–H groups in total. The van der Waals surface area contributed by atoms with Gasteiger partial charge in [-0.05, 0) is 76.1 Å². The minimum Gasteiger partial charge on any atom is -0.493 e. The molecule has 6 nitrogen and oxygen atoms in total. The highest BCUT2D eigenvalue weighted by atomic mass is 35.5. The topological polar surface area (TPSA) is 80.2 Å². The van der Waals surface area contributed by atoms with Gasteiger partial charge in [0.1, 0.15) is 11.9 Å². The number of ether oxygens (including phenoxy) is 1. The molecule has 0 aromatic heterocycles. The number of benzene rings is 1. The number of rotatable bonds is 6. The van der Waals surface area contributed by atoms with Crippen LogP contribution in [0.2, 0.25) is 5.02 Å². The summed E-state index contributed by atoms with van der Waals surface area (Å²) in [4.78, 5) is 16.0. The van der Waals surface area contributed by atoms with Gasteiger partial charge in [-0.15, -0.1) is 0 Å². The largest absolute Gasteiger partial charge is 0.493 e. The third-order valence-electron chi connectivity index (χ3n) is 5.80. The highest BCUT2D eigenvalue weighted by Crippen LogP contribution is 2.36. The van der Waals surface area contributed by atoms with Crippen molar-refractivity contribution in [3.63, 3.8) is 0 Å². The van der Waals surface area contributed by atoms with Gasteiger partial charge in [-0.2, -0.15) is 0 Å². The van der Waals surface area contributed by atoms with Crippen LogP contribution in [0.4, 0.5) is 0 Å². The molecule has 1 aliphatic carbocycles. The number of nitrogens with zero attached hydrogens (tertiary/aromatic N) is 1. The van der Waals surface area contributed by atoms with E-state index in [0.717, 1.165) is 79.3 Å². The monoisotopic (exact) mass is 434 g/mol. The van der Waals surface area contributed by atoms with Crippen molar-refractivity contribution >= 4 is 23.7 Å². The van der Waals surface area contributed by atoms with Gasteiger partial charge >= 0.3 is 0 Å². The lowest BCUT2D eigenvalue weighted by Crippen LogP contribution is -2.37. The molecule has 164 valence electrons. The summed E-state index contributed by atoms with van der Waals surface area (Å²) in [5, 5.41) is 17.0. The van der Waals surface area contributed by atoms with Crippen LogP contribution in [0, 0.1) is 5.92 Å². The third-order valence-corrected chi connectivity index (χ3v) is 6.04. The van der Waals surface area contributed by atoms with Crippen molar-refractivity contribution < 1.29 is 19.5 Å². The lowest BCUT2D eigenvalue weighted by molar-refractivity contribution is -0.109. The summed E-state index contributed by atoms with van der Waals surface area (Å²) in [5.74, 6) is 1.45. The van der Waals surface area contributed by atoms with Gasteiger partial charge in [0, 0.05) is 23.1 Å². The Morgan fingerprint density at radius 2 is 2.17 bits per heavy atom. The summed E-state index contributed by atoms with van der Waals surface area (Å²) in [6.45, 7) is 4.81. The fraction of sp³-hybridized carbons (Fsp3) is 0.565. The van der Waals surface area contributed by atoms with Crippen molar-refractivity contribution in [1.29, 1.82) is 0 Å². The van der Waals surface area contributed by atoms with E-state index in [1.807, 2.05) is 32.0 Å². The number of carbonyl (C=O) groups excluding carboxylic acids is 1. The number of carbonyl (C=O) groups is 1. The summed E-state index contributed by atoms with van der Waals surface area (Å²) in [6, 6.07) is 5.79. The number of amides is 1. The first-order chi connectivity index (χ1) is 14.5. The van der Waals surface area contributed by atoms with Gasteiger partial charge in [0.15, 0.2) is 0 Å². The van der Waals surface area contributed by atoms with E-state index >= 15 is 0 Å². The smallest absolute Gasteiger partial charge is 0.211 e. The summed E-state index contributed by atoms with van der Waals surface area (Å²) >= 11 is 5.82. The average molecular weight is 435 g/mol. The predicted octanol–water partition coefficient (Wildman–Crippen LogP) is 4.39. The molecule has 1 fully saturated rings. The Balaban J connectivity index is 0.000000196. The van der Waals surface area contributed by atoms with E-state index in [4.69, 9.17) is 21.2 Å². The highest BCUT2D eigenvalue weighted by Gasteiger charge is 2.38. The number of nitrogens with one attached hydrogen (secondary N) is 1. The van der Waals surface area contributed by atoms with Crippen LogP contribution in [0.25, 0.3) is 0 Å². The molecule has 1 amide bonds. The zero-order chi connectivity index (χ0) is 21.5. The zero-order valence-corrected chi connectivity index (χ0v) is 18.5. The first kappa shape index (κ1) is 22.6. The Hall–Kier alpha value is -2.05. The van der Waals surface area contributed by atoms with Crippen LogP contribution in [-0.4, -0.2) is 36.0 Å². The first-order valence-corrected chi connectivity index (χ1v) is 11.0. The van der Waals surface area contributed by atoms with Crippen LogP contribution in [-0.2, 0) is 16.1 Å². The van der Waals surface area contributed by atoms with E-state index in [2.05, 4.69) is 10.5 Å². The minimum atomic E-state index is -0.147. The number of fused-ring (bicyclic) bond motifs is 1. The number of hydrogen-bond acceptors (Lipinski definition) is 5. The molecule has 4 rings (SSSR count). The molecule has 0 saturated heterocycles. The molecule has 1 aromatic rings. The summed E-state index contributed by atoms with van der Waals surface area (Å²) in [7, 11) is 0. The summed E-state index contributed by atoms with van der Waals surface area (Å²) in [5.41, 5.74) is 4.37. The maximum Gasteiger partial charge on any atom is 0.211 e. The lowest BCUT2D eigenvalue weighted by Gasteiger charge is -2.34. The normalized spacial score (nSPS) is 24.0. The van der Waals surface area contributed by atoms with Crippen LogP contribution >= 0.6 is 11.6 Å². The zero-order valence-electron chi connectivity index (χ0n) is 17.7. The van der Waals surface area contributed by atoms with E-state index in [-0.39, 0.29) is 12.2 Å². The molecule has 1 saturated carbocycles. The standard InChI is InChI=1S/C14H22N2O3.C9H9ClO/c1-9(2)13(15-8-17)4-3-11-7-14(19-16-11)10-5-12(18)6-10;10-8-3-4-9-7(6-8)2-1-5-11-9/h8,10,12,14,18H,3-7H2,1-2H3,(H,15,17);3-4,6H,1-2,5H2. The van der Waals surface area contributed by atoms with Crippen molar-refractivity contribution in [3.8, 4) is 5.75 Å². The van der Waals surface area contributed by atoms with Crippen LogP contribution in [0.1, 0.15) is 57.9 Å². The van der Waals surface area contributed by atoms with Crippen LogP contribution in [0.5, 0.6) is 5.75 Å². The molecular weight excluding hydrogens is 404 g/mol. The molecule has 1 atom stereocenters. The second-order valence-electron chi connectivity index (χ2n) is 8.34. The van der Waals surface area contributed by atoms with E-state index in [1.54, 1.807) is 0 Å². The molecule has 1 aromatic carbocycles. The molecule has 0 bridgehead atoms. The maximum absolute atomic E-state index is 10.5. The number of oxime groups is 1. The van der Waals surface area contributed by atoms with Crippen molar-refractivity contribution in [2.45, 2.75) is 71.0 Å². The maximum atomic E-state index is 10.5. The highest BCUT2D eigenvalue weighted by molar-refractivity contribution is 6.30. The second kappa shape index (κ2) is 10.8. The molecule has 0 spiro atoms. The van der Waals surface area contributed by atoms with Gasteiger partial charge in [-0.25, -0.2) is 0 Å². The minimum absolute atomic E-state index is 0.146. The van der Waals surface area contributed by atoms with E-state index in [9.17, 15) is 9.90 Å². The predicted molar refractivity (Wildman–Crippen MR) is 118 cm³/mol. The van der Waals surface area contributed by atoms with Gasteiger partial charge in [-0.3, -0.25) is 4.79 Å². The average Bonchev–Trinajstić information content (AvgIpc) is 3.17. The second-order valence-corrected chi connectivity index (χ2v) is 8.77. The van der Waals surface area contributed by atoms with Gasteiger partial charge in [0.2, 0.25) is 6.41 Å². The quantitative estimate of drug-likeness (QED) is 0.651. The molecular formula is C23H31ClN2O4. The molecule has 2 heterocycles. The number of allylic oxidation sites excluding steroid dienone is 2. The van der Waals surface area contributed by atoms with Crippen molar-refractivity contribution in [2.24, 2.45) is 11.1 Å². The van der Waals surface area contributed by atoms with Gasteiger partial charge in [0.05, 0.1) is 18.4 Å². The first-order valence-electron chi connectivity index (χ1n) is 10.6. The summed E-state index contributed by atoms with van der Waals surface area (Å²) < 4.78 is 5.42. The Morgan fingerprint density at radius 3 is 2.87 bits per heavy atom. The Labute approximate surface area is 183 Å². The van der Waals surface area contributed by atoms with Crippen LogP contribution in [0.3, 0.4) is 0 Å². The number of aryl methyl sites for hydroxylation is 1.